The highest BCUT2D eigenvalue weighted by Gasteiger charge is 2.00. The normalized spacial score (nSPS) is 11.4. The monoisotopic (exact) mass is 320 g/mol. The molecule has 5 nitrogen and oxygen atoms in total. The summed E-state index contributed by atoms with van der Waals surface area (Å²) in [6.07, 6.45) is 3.31. The van der Waals surface area contributed by atoms with E-state index in [0.29, 0.717) is 0 Å². The number of aliphatic imine (C=N–C) groups is 1. The molecule has 0 saturated heterocycles. The van der Waals surface area contributed by atoms with Crippen LogP contribution in [-0.2, 0) is 11.3 Å². The maximum atomic E-state index is 5.55. The molecule has 0 atom stereocenters. The Labute approximate surface area is 141 Å². The maximum Gasteiger partial charge on any atom is 0.191 e. The number of ether oxygens (including phenoxy) is 1. The molecule has 2 N–H and O–H groups in total. The molecular formula is C18H32N4O. The van der Waals surface area contributed by atoms with E-state index >= 15 is 0 Å². The number of nitrogens with zero attached hydrogens (tertiary/aromatic N) is 2. The van der Waals surface area contributed by atoms with Crippen LogP contribution < -0.4 is 15.5 Å². The van der Waals surface area contributed by atoms with Crippen molar-refractivity contribution < 1.29 is 4.74 Å². The molecule has 1 aromatic carbocycles. The van der Waals surface area contributed by atoms with Gasteiger partial charge in [-0.25, -0.2) is 0 Å². The van der Waals surface area contributed by atoms with E-state index in [1.807, 2.05) is 0 Å². The molecule has 0 spiro atoms. The van der Waals surface area contributed by atoms with Crippen molar-refractivity contribution in [3.05, 3.63) is 29.8 Å². The fraction of sp³-hybridized carbons (Fsp3) is 0.611. The lowest BCUT2D eigenvalue weighted by molar-refractivity contribution is 0.129. The van der Waals surface area contributed by atoms with E-state index in [4.69, 9.17) is 4.74 Å². The first kappa shape index (κ1) is 19.3. The van der Waals surface area contributed by atoms with E-state index in [9.17, 15) is 0 Å². The highest BCUT2D eigenvalue weighted by atomic mass is 16.5. The summed E-state index contributed by atoms with van der Waals surface area (Å²) in [5.41, 5.74) is 2.44. The zero-order valence-electron chi connectivity index (χ0n) is 15.1. The van der Waals surface area contributed by atoms with Gasteiger partial charge in [0.1, 0.15) is 0 Å². The average molecular weight is 320 g/mol. The Kier molecular flexibility index (Phi) is 9.87. The Hall–Kier alpha value is -1.75. The Morgan fingerprint density at radius 1 is 1.17 bits per heavy atom. The van der Waals surface area contributed by atoms with E-state index in [1.165, 1.54) is 17.7 Å². The predicted octanol–water partition coefficient (Wildman–Crippen LogP) is 2.62. The van der Waals surface area contributed by atoms with Crippen molar-refractivity contribution in [2.75, 3.05) is 45.8 Å². The van der Waals surface area contributed by atoms with Gasteiger partial charge in [-0.15, -0.1) is 0 Å². The SMILES string of the molecule is CCCCOCCCNC(=NC)NCc1cccc(N(C)C)c1. The van der Waals surface area contributed by atoms with Gasteiger partial charge in [0.15, 0.2) is 5.96 Å². The van der Waals surface area contributed by atoms with Crippen LogP contribution in [0.25, 0.3) is 0 Å². The van der Waals surface area contributed by atoms with E-state index in [-0.39, 0.29) is 0 Å². The van der Waals surface area contributed by atoms with Gasteiger partial charge in [-0.3, -0.25) is 4.99 Å². The van der Waals surface area contributed by atoms with Crippen molar-refractivity contribution in [1.82, 2.24) is 10.6 Å². The van der Waals surface area contributed by atoms with Crippen LogP contribution in [-0.4, -0.2) is 46.9 Å². The van der Waals surface area contributed by atoms with E-state index in [1.54, 1.807) is 7.05 Å². The number of guanidine groups is 1. The molecule has 1 rings (SSSR count). The molecule has 0 heterocycles. The van der Waals surface area contributed by atoms with Gasteiger partial charge in [0, 0.05) is 53.1 Å². The van der Waals surface area contributed by atoms with Crippen molar-refractivity contribution in [2.45, 2.75) is 32.7 Å². The Morgan fingerprint density at radius 2 is 1.96 bits per heavy atom. The van der Waals surface area contributed by atoms with Gasteiger partial charge in [-0.1, -0.05) is 25.5 Å². The summed E-state index contributed by atoms with van der Waals surface area (Å²) in [4.78, 5) is 6.36. The minimum Gasteiger partial charge on any atom is -0.381 e. The number of benzene rings is 1. The van der Waals surface area contributed by atoms with Gasteiger partial charge in [0.2, 0.25) is 0 Å². The van der Waals surface area contributed by atoms with Gasteiger partial charge in [-0.2, -0.15) is 0 Å². The van der Waals surface area contributed by atoms with E-state index in [0.717, 1.165) is 45.1 Å². The van der Waals surface area contributed by atoms with Crippen LogP contribution >= 0.6 is 0 Å². The second-order valence-corrected chi connectivity index (χ2v) is 5.74. The summed E-state index contributed by atoms with van der Waals surface area (Å²) >= 11 is 0. The fourth-order valence-corrected chi connectivity index (χ4v) is 2.08. The molecule has 0 amide bonds. The van der Waals surface area contributed by atoms with Crippen LogP contribution in [0, 0.1) is 0 Å². The Bertz CT molecular complexity index is 460. The summed E-state index contributed by atoms with van der Waals surface area (Å²) in [7, 11) is 5.90. The van der Waals surface area contributed by atoms with Crippen molar-refractivity contribution >= 4 is 11.6 Å². The lowest BCUT2D eigenvalue weighted by Gasteiger charge is -2.15. The van der Waals surface area contributed by atoms with E-state index in [2.05, 4.69) is 65.8 Å². The number of nitrogens with one attached hydrogen (secondary N) is 2. The highest BCUT2D eigenvalue weighted by molar-refractivity contribution is 5.79. The summed E-state index contributed by atoms with van der Waals surface area (Å²) in [6, 6.07) is 8.49. The highest BCUT2D eigenvalue weighted by Crippen LogP contribution is 2.12. The molecule has 0 aliphatic heterocycles. The molecule has 23 heavy (non-hydrogen) atoms. The summed E-state index contributed by atoms with van der Waals surface area (Å²) in [5, 5.41) is 6.66. The van der Waals surface area contributed by atoms with Crippen LogP contribution in [0.4, 0.5) is 5.69 Å². The largest absolute Gasteiger partial charge is 0.381 e. The van der Waals surface area contributed by atoms with Gasteiger partial charge in [-0.05, 0) is 30.5 Å². The Morgan fingerprint density at radius 3 is 2.65 bits per heavy atom. The predicted molar refractivity (Wildman–Crippen MR) is 99.3 cm³/mol. The second-order valence-electron chi connectivity index (χ2n) is 5.74. The van der Waals surface area contributed by atoms with Crippen molar-refractivity contribution in [1.29, 1.82) is 0 Å². The summed E-state index contributed by atoms with van der Waals surface area (Å²) < 4.78 is 5.55. The number of unbranched alkanes of at least 4 members (excludes halogenated alkanes) is 1. The van der Waals surface area contributed by atoms with Crippen molar-refractivity contribution in [3.8, 4) is 0 Å². The Balaban J connectivity index is 2.25. The molecule has 0 aromatic heterocycles. The lowest BCUT2D eigenvalue weighted by atomic mass is 10.2. The molecule has 0 aliphatic rings. The van der Waals surface area contributed by atoms with Crippen LogP contribution in [0.15, 0.2) is 29.3 Å². The molecule has 1 aromatic rings. The molecular weight excluding hydrogens is 288 g/mol. The zero-order valence-corrected chi connectivity index (χ0v) is 15.1. The molecule has 5 heteroatoms. The first-order valence-corrected chi connectivity index (χ1v) is 8.46. The number of rotatable bonds is 10. The third-order valence-electron chi connectivity index (χ3n) is 3.51. The smallest absolute Gasteiger partial charge is 0.191 e. The quantitative estimate of drug-likeness (QED) is 0.395. The molecule has 0 fully saturated rings. The number of hydrogen-bond acceptors (Lipinski definition) is 3. The molecule has 0 saturated carbocycles. The third-order valence-corrected chi connectivity index (χ3v) is 3.51. The van der Waals surface area contributed by atoms with Crippen LogP contribution in [0.5, 0.6) is 0 Å². The van der Waals surface area contributed by atoms with Crippen LogP contribution in [0.1, 0.15) is 31.7 Å². The summed E-state index contributed by atoms with van der Waals surface area (Å²) in [5.74, 6) is 0.828. The van der Waals surface area contributed by atoms with Crippen molar-refractivity contribution in [3.63, 3.8) is 0 Å². The van der Waals surface area contributed by atoms with Gasteiger partial charge < -0.3 is 20.3 Å². The zero-order chi connectivity index (χ0) is 16.9. The second kappa shape index (κ2) is 11.8. The van der Waals surface area contributed by atoms with E-state index < -0.39 is 0 Å². The molecule has 0 aliphatic carbocycles. The number of anilines is 1. The van der Waals surface area contributed by atoms with Crippen LogP contribution in [0.2, 0.25) is 0 Å². The third kappa shape index (κ3) is 8.45. The minimum absolute atomic E-state index is 0.758. The fourth-order valence-electron chi connectivity index (χ4n) is 2.08. The minimum atomic E-state index is 0.758. The van der Waals surface area contributed by atoms with Gasteiger partial charge in [0.05, 0.1) is 0 Å². The lowest BCUT2D eigenvalue weighted by Crippen LogP contribution is -2.37. The topological polar surface area (TPSA) is 48.9 Å². The molecule has 0 bridgehead atoms. The van der Waals surface area contributed by atoms with Crippen molar-refractivity contribution in [2.24, 2.45) is 4.99 Å². The standard InChI is InChI=1S/C18H32N4O/c1-5-6-12-23-13-8-11-20-18(19-2)21-15-16-9-7-10-17(14-16)22(3)4/h7,9-10,14H,5-6,8,11-13,15H2,1-4H3,(H2,19,20,21). The van der Waals surface area contributed by atoms with Gasteiger partial charge >= 0.3 is 0 Å². The first-order chi connectivity index (χ1) is 11.2. The molecule has 130 valence electrons. The molecule has 0 unspecified atom stereocenters. The van der Waals surface area contributed by atoms with Gasteiger partial charge in [0.25, 0.3) is 0 Å². The number of hydrogen-bond donors (Lipinski definition) is 2. The van der Waals surface area contributed by atoms with Crippen LogP contribution in [0.3, 0.4) is 0 Å². The first-order valence-electron chi connectivity index (χ1n) is 8.46. The summed E-state index contributed by atoms with van der Waals surface area (Å²) in [6.45, 7) is 5.47. The average Bonchev–Trinajstić information content (AvgIpc) is 2.57. The molecule has 0 radical (unpaired) electrons. The maximum absolute atomic E-state index is 5.55.